The van der Waals surface area contributed by atoms with Gasteiger partial charge in [-0.1, -0.05) is 32.1 Å². The number of carbonyl (C=O) groups is 1. The normalized spacial score (nSPS) is 33.8. The molecule has 0 saturated heterocycles. The highest BCUT2D eigenvalue weighted by Crippen LogP contribution is 2.32. The monoisotopic (exact) mass is 195 g/mol. The molecule has 2 nitrogen and oxygen atoms in total. The maximum Gasteiger partial charge on any atom is 0.137 e. The van der Waals surface area contributed by atoms with E-state index in [0.29, 0.717) is 11.7 Å². The van der Waals surface area contributed by atoms with Gasteiger partial charge >= 0.3 is 0 Å². The van der Waals surface area contributed by atoms with Crippen LogP contribution in [0.15, 0.2) is 0 Å². The fourth-order valence-corrected chi connectivity index (χ4v) is 3.04. The van der Waals surface area contributed by atoms with Crippen molar-refractivity contribution >= 4 is 5.78 Å². The smallest absolute Gasteiger partial charge is 0.137 e. The third kappa shape index (κ3) is 2.17. The van der Waals surface area contributed by atoms with Gasteiger partial charge in [0.2, 0.25) is 0 Å². The zero-order chi connectivity index (χ0) is 9.97. The molecule has 80 valence electrons. The van der Waals surface area contributed by atoms with Gasteiger partial charge in [0.25, 0.3) is 0 Å². The summed E-state index contributed by atoms with van der Waals surface area (Å²) in [4.78, 5) is 11.9. The Hall–Kier alpha value is -0.370. The van der Waals surface area contributed by atoms with Crippen LogP contribution in [0.3, 0.4) is 0 Å². The molecule has 0 bridgehead atoms. The lowest BCUT2D eigenvalue weighted by Gasteiger charge is -2.16. The molecule has 2 fully saturated rings. The first-order valence-corrected chi connectivity index (χ1v) is 6.05. The molecule has 2 aliphatic rings. The first-order chi connectivity index (χ1) is 6.77. The lowest BCUT2D eigenvalue weighted by atomic mass is 9.90. The van der Waals surface area contributed by atoms with Crippen molar-refractivity contribution in [2.24, 2.45) is 17.6 Å². The van der Waals surface area contributed by atoms with Crippen LogP contribution in [0.4, 0.5) is 0 Å². The van der Waals surface area contributed by atoms with Crippen molar-refractivity contribution in [2.75, 3.05) is 0 Å². The standard InChI is InChI=1S/C12H21NO/c13-11-7-3-6-10(11)12(14)8-9-4-1-2-5-9/h9-11H,1-8,13H2. The molecule has 2 aliphatic carbocycles. The van der Waals surface area contributed by atoms with Gasteiger partial charge in [0, 0.05) is 18.4 Å². The van der Waals surface area contributed by atoms with E-state index in [1.165, 1.54) is 25.7 Å². The van der Waals surface area contributed by atoms with Crippen molar-refractivity contribution in [2.45, 2.75) is 57.4 Å². The maximum atomic E-state index is 11.9. The van der Waals surface area contributed by atoms with Crippen LogP contribution in [0.2, 0.25) is 0 Å². The molecule has 0 aromatic heterocycles. The van der Waals surface area contributed by atoms with Crippen LogP contribution >= 0.6 is 0 Å². The largest absolute Gasteiger partial charge is 0.327 e. The number of hydrogen-bond acceptors (Lipinski definition) is 2. The molecular formula is C12H21NO. The molecule has 0 amide bonds. The molecule has 2 unspecified atom stereocenters. The fraction of sp³-hybridized carbons (Fsp3) is 0.917. The predicted octanol–water partition coefficient (Wildman–Crippen LogP) is 2.26. The SMILES string of the molecule is NC1CCCC1C(=O)CC1CCCC1. The highest BCUT2D eigenvalue weighted by molar-refractivity contribution is 5.82. The summed E-state index contributed by atoms with van der Waals surface area (Å²) in [6.45, 7) is 0. The van der Waals surface area contributed by atoms with Gasteiger partial charge in [-0.3, -0.25) is 4.79 Å². The van der Waals surface area contributed by atoms with Gasteiger partial charge in [-0.15, -0.1) is 0 Å². The van der Waals surface area contributed by atoms with Gasteiger partial charge < -0.3 is 5.73 Å². The zero-order valence-corrected chi connectivity index (χ0v) is 8.87. The highest BCUT2D eigenvalue weighted by atomic mass is 16.1. The molecule has 14 heavy (non-hydrogen) atoms. The third-order valence-corrected chi connectivity index (χ3v) is 3.95. The molecule has 0 spiro atoms. The minimum atomic E-state index is 0.170. The Kier molecular flexibility index (Phi) is 3.22. The van der Waals surface area contributed by atoms with Crippen molar-refractivity contribution in [3.05, 3.63) is 0 Å². The number of hydrogen-bond donors (Lipinski definition) is 1. The Bertz CT molecular complexity index is 208. The van der Waals surface area contributed by atoms with E-state index in [0.717, 1.165) is 25.7 Å². The Morgan fingerprint density at radius 3 is 2.36 bits per heavy atom. The summed E-state index contributed by atoms with van der Waals surface area (Å²) in [7, 11) is 0. The number of Topliss-reactive ketones (excluding diaryl/α,β-unsaturated/α-hetero) is 1. The van der Waals surface area contributed by atoms with Crippen LogP contribution in [-0.4, -0.2) is 11.8 Å². The summed E-state index contributed by atoms with van der Waals surface area (Å²) >= 11 is 0. The molecule has 2 atom stereocenters. The summed E-state index contributed by atoms with van der Waals surface area (Å²) in [5, 5.41) is 0. The number of carbonyl (C=O) groups excluding carboxylic acids is 1. The average molecular weight is 195 g/mol. The van der Waals surface area contributed by atoms with E-state index < -0.39 is 0 Å². The van der Waals surface area contributed by atoms with E-state index in [4.69, 9.17) is 5.73 Å². The fourth-order valence-electron chi connectivity index (χ4n) is 3.04. The van der Waals surface area contributed by atoms with Crippen LogP contribution in [0.1, 0.15) is 51.4 Å². The summed E-state index contributed by atoms with van der Waals surface area (Å²) < 4.78 is 0. The van der Waals surface area contributed by atoms with Crippen molar-refractivity contribution in [3.8, 4) is 0 Å². The number of nitrogens with two attached hydrogens (primary N) is 1. The molecule has 2 saturated carbocycles. The maximum absolute atomic E-state index is 11.9. The number of rotatable bonds is 3. The van der Waals surface area contributed by atoms with Crippen LogP contribution in [0, 0.1) is 11.8 Å². The Labute approximate surface area is 86.2 Å². The predicted molar refractivity (Wildman–Crippen MR) is 56.9 cm³/mol. The van der Waals surface area contributed by atoms with Gasteiger partial charge in [-0.2, -0.15) is 0 Å². The van der Waals surface area contributed by atoms with Crippen LogP contribution in [0.5, 0.6) is 0 Å². The molecule has 0 aromatic carbocycles. The second-order valence-corrected chi connectivity index (χ2v) is 5.02. The van der Waals surface area contributed by atoms with E-state index in [1.807, 2.05) is 0 Å². The minimum absolute atomic E-state index is 0.170. The van der Waals surface area contributed by atoms with Crippen molar-refractivity contribution < 1.29 is 4.79 Å². The second kappa shape index (κ2) is 4.43. The van der Waals surface area contributed by atoms with E-state index in [9.17, 15) is 4.79 Å². The second-order valence-electron chi connectivity index (χ2n) is 5.02. The average Bonchev–Trinajstić information content (AvgIpc) is 2.75. The molecule has 2 heteroatoms. The first kappa shape index (κ1) is 10.2. The lowest BCUT2D eigenvalue weighted by Crippen LogP contribution is -2.31. The first-order valence-electron chi connectivity index (χ1n) is 6.05. The van der Waals surface area contributed by atoms with Crippen molar-refractivity contribution in [1.82, 2.24) is 0 Å². The van der Waals surface area contributed by atoms with Crippen LogP contribution in [-0.2, 0) is 4.79 Å². The Balaban J connectivity index is 1.82. The number of ketones is 1. The van der Waals surface area contributed by atoms with E-state index in [1.54, 1.807) is 0 Å². The molecule has 0 aliphatic heterocycles. The third-order valence-electron chi connectivity index (χ3n) is 3.95. The molecule has 0 radical (unpaired) electrons. The van der Waals surface area contributed by atoms with Crippen molar-refractivity contribution in [3.63, 3.8) is 0 Å². The molecule has 0 heterocycles. The zero-order valence-electron chi connectivity index (χ0n) is 8.87. The Morgan fingerprint density at radius 2 is 1.79 bits per heavy atom. The van der Waals surface area contributed by atoms with Gasteiger partial charge in [0.1, 0.15) is 5.78 Å². The van der Waals surface area contributed by atoms with E-state index in [-0.39, 0.29) is 12.0 Å². The summed E-state index contributed by atoms with van der Waals surface area (Å²) in [6.07, 6.45) is 9.28. The summed E-state index contributed by atoms with van der Waals surface area (Å²) in [5.74, 6) is 1.35. The van der Waals surface area contributed by atoms with Gasteiger partial charge in [0.05, 0.1) is 0 Å². The summed E-state index contributed by atoms with van der Waals surface area (Å²) in [6, 6.07) is 0.170. The van der Waals surface area contributed by atoms with Gasteiger partial charge in [0.15, 0.2) is 0 Å². The molecule has 2 rings (SSSR count). The minimum Gasteiger partial charge on any atom is -0.327 e. The topological polar surface area (TPSA) is 43.1 Å². The van der Waals surface area contributed by atoms with Crippen molar-refractivity contribution in [1.29, 1.82) is 0 Å². The van der Waals surface area contributed by atoms with Gasteiger partial charge in [-0.05, 0) is 18.8 Å². The quantitative estimate of drug-likeness (QED) is 0.750. The van der Waals surface area contributed by atoms with Gasteiger partial charge in [-0.25, -0.2) is 0 Å². The molecular weight excluding hydrogens is 174 g/mol. The highest BCUT2D eigenvalue weighted by Gasteiger charge is 2.31. The summed E-state index contributed by atoms with van der Waals surface area (Å²) in [5.41, 5.74) is 5.93. The molecule has 0 aromatic rings. The van der Waals surface area contributed by atoms with E-state index >= 15 is 0 Å². The lowest BCUT2D eigenvalue weighted by molar-refractivity contribution is -0.123. The Morgan fingerprint density at radius 1 is 1.07 bits per heavy atom. The van der Waals surface area contributed by atoms with Crippen LogP contribution in [0.25, 0.3) is 0 Å². The van der Waals surface area contributed by atoms with E-state index in [2.05, 4.69) is 0 Å². The van der Waals surface area contributed by atoms with Crippen LogP contribution < -0.4 is 5.73 Å². The molecule has 2 N–H and O–H groups in total.